The molecule has 35 heavy (non-hydrogen) atoms. The Kier molecular flexibility index (Phi) is 8.68. The van der Waals surface area contributed by atoms with Gasteiger partial charge in [-0.05, 0) is 37.3 Å². The molecule has 1 saturated heterocycles. The largest absolute Gasteiger partial charge is 0.450 e. The zero-order valence-corrected chi connectivity index (χ0v) is 19.8. The van der Waals surface area contributed by atoms with Gasteiger partial charge in [-0.3, -0.25) is 9.59 Å². The molecule has 9 nitrogen and oxygen atoms in total. The van der Waals surface area contributed by atoms with Crippen LogP contribution in [-0.4, -0.2) is 67.1 Å². The topological polar surface area (TPSA) is 111 Å². The van der Waals surface area contributed by atoms with Crippen molar-refractivity contribution in [2.75, 3.05) is 39.5 Å². The summed E-state index contributed by atoms with van der Waals surface area (Å²) in [6.45, 7) is 2.51. The quantitative estimate of drug-likeness (QED) is 0.422. The van der Waals surface area contributed by atoms with E-state index in [1.165, 1.54) is 24.6 Å². The van der Waals surface area contributed by atoms with Crippen LogP contribution in [-0.2, 0) is 14.3 Å². The number of carbonyl (C=O) groups is 3. The zero-order valence-electron chi connectivity index (χ0n) is 19.8. The molecule has 1 aromatic carbocycles. The molecule has 1 aliphatic heterocycles. The predicted octanol–water partition coefficient (Wildman–Crippen LogP) is 3.71. The van der Waals surface area contributed by atoms with Crippen molar-refractivity contribution in [1.82, 2.24) is 15.2 Å². The molecule has 2 amide bonds. The lowest BCUT2D eigenvalue weighted by Gasteiger charge is -2.35. The Hall–Kier alpha value is -3.01. The number of halogens is 1. The van der Waals surface area contributed by atoms with Crippen molar-refractivity contribution >= 4 is 28.9 Å². The fourth-order valence-corrected chi connectivity index (χ4v) is 4.78. The Morgan fingerprint density at radius 3 is 2.71 bits per heavy atom. The van der Waals surface area contributed by atoms with E-state index in [4.69, 9.17) is 13.9 Å². The van der Waals surface area contributed by atoms with Gasteiger partial charge in [-0.25, -0.2) is 14.2 Å². The number of morpholine rings is 1. The monoisotopic (exact) mass is 489 g/mol. The van der Waals surface area contributed by atoms with Crippen molar-refractivity contribution in [2.24, 2.45) is 11.8 Å². The number of alkyl carbamates (subject to hydrolysis) is 1. The number of fused-ring (bicyclic) bond motifs is 1. The van der Waals surface area contributed by atoms with E-state index in [2.05, 4.69) is 10.3 Å². The summed E-state index contributed by atoms with van der Waals surface area (Å²) in [7, 11) is 0. The van der Waals surface area contributed by atoms with Crippen molar-refractivity contribution < 1.29 is 32.7 Å². The minimum absolute atomic E-state index is 0.0396. The molecule has 2 aliphatic rings. The first-order valence-corrected chi connectivity index (χ1v) is 12.4. The summed E-state index contributed by atoms with van der Waals surface area (Å²) in [4.78, 5) is 43.6. The number of benzene rings is 1. The third-order valence-corrected chi connectivity index (χ3v) is 6.70. The van der Waals surface area contributed by atoms with E-state index >= 15 is 0 Å². The van der Waals surface area contributed by atoms with Crippen LogP contribution in [0.1, 0.15) is 55.6 Å². The second-order valence-corrected chi connectivity index (χ2v) is 9.12. The van der Waals surface area contributed by atoms with Gasteiger partial charge in [0.15, 0.2) is 5.58 Å². The van der Waals surface area contributed by atoms with Gasteiger partial charge in [0.2, 0.25) is 11.7 Å². The second-order valence-electron chi connectivity index (χ2n) is 9.12. The molecule has 1 aromatic heterocycles. The summed E-state index contributed by atoms with van der Waals surface area (Å²) in [6, 6.07) is 3.87. The zero-order chi connectivity index (χ0) is 24.6. The molecule has 1 saturated carbocycles. The Morgan fingerprint density at radius 1 is 1.17 bits per heavy atom. The molecule has 0 spiro atoms. The third-order valence-electron chi connectivity index (χ3n) is 6.70. The van der Waals surface area contributed by atoms with Gasteiger partial charge in [-0.15, -0.1) is 0 Å². The number of nitrogens with one attached hydrogen (secondary N) is 1. The SMILES string of the molecule is O=C(NCC(C(=O)N1CCOCC1)C1CCCCC1)OCCCC(=O)c1nc2ccc(F)cc2o1. The lowest BCUT2D eigenvalue weighted by molar-refractivity contribution is -0.141. The van der Waals surface area contributed by atoms with Crippen LogP contribution in [0.15, 0.2) is 22.6 Å². The predicted molar refractivity (Wildman–Crippen MR) is 124 cm³/mol. The Morgan fingerprint density at radius 2 is 1.94 bits per heavy atom. The molecule has 2 heterocycles. The average molecular weight is 490 g/mol. The number of carbonyl (C=O) groups excluding carboxylic acids is 3. The highest BCUT2D eigenvalue weighted by molar-refractivity contribution is 5.94. The van der Waals surface area contributed by atoms with Crippen molar-refractivity contribution in [3.8, 4) is 0 Å². The normalized spacial score (nSPS) is 17.8. The number of aromatic nitrogens is 1. The molecule has 0 radical (unpaired) electrons. The number of oxazole rings is 1. The van der Waals surface area contributed by atoms with Crippen LogP contribution < -0.4 is 5.32 Å². The number of hydrogen-bond donors (Lipinski definition) is 1. The third kappa shape index (κ3) is 6.78. The van der Waals surface area contributed by atoms with Gasteiger partial charge in [-0.2, -0.15) is 0 Å². The number of hydrogen-bond acceptors (Lipinski definition) is 7. The molecule has 2 aromatic rings. The van der Waals surface area contributed by atoms with E-state index in [1.807, 2.05) is 4.90 Å². The summed E-state index contributed by atoms with van der Waals surface area (Å²) < 4.78 is 29.2. The van der Waals surface area contributed by atoms with E-state index in [-0.39, 0.29) is 61.0 Å². The van der Waals surface area contributed by atoms with Crippen LogP contribution >= 0.6 is 0 Å². The molecule has 1 N–H and O–H groups in total. The number of rotatable bonds is 9. The number of ketones is 1. The molecule has 1 unspecified atom stereocenters. The summed E-state index contributed by atoms with van der Waals surface area (Å²) >= 11 is 0. The molecule has 0 bridgehead atoms. The Labute approximate surface area is 203 Å². The summed E-state index contributed by atoms with van der Waals surface area (Å²) in [6.07, 6.45) is 5.12. The van der Waals surface area contributed by atoms with Crippen molar-refractivity contribution in [3.63, 3.8) is 0 Å². The van der Waals surface area contributed by atoms with Crippen LogP contribution in [0.3, 0.4) is 0 Å². The van der Waals surface area contributed by atoms with Crippen LogP contribution in [0.25, 0.3) is 11.1 Å². The maximum atomic E-state index is 13.3. The van der Waals surface area contributed by atoms with Gasteiger partial charge in [0.25, 0.3) is 5.89 Å². The van der Waals surface area contributed by atoms with Gasteiger partial charge < -0.3 is 24.1 Å². The molecule has 1 aliphatic carbocycles. The standard InChI is InChI=1S/C25H32FN3O6/c26-18-8-9-20-22(15-18)35-23(28-20)21(30)7-4-12-34-25(32)27-16-19(17-5-2-1-3-6-17)24(31)29-10-13-33-14-11-29/h8-9,15,17,19H,1-7,10-14,16H2,(H,27,32). The van der Waals surface area contributed by atoms with Crippen LogP contribution in [0.2, 0.25) is 0 Å². The first-order chi connectivity index (χ1) is 17.0. The fraction of sp³-hybridized carbons (Fsp3) is 0.600. The lowest BCUT2D eigenvalue weighted by atomic mass is 9.79. The van der Waals surface area contributed by atoms with Gasteiger partial charge in [0, 0.05) is 32.1 Å². The molecule has 1 atom stereocenters. The van der Waals surface area contributed by atoms with E-state index in [0.717, 1.165) is 25.7 Å². The molecular weight excluding hydrogens is 457 g/mol. The van der Waals surface area contributed by atoms with Gasteiger partial charge >= 0.3 is 6.09 Å². The minimum atomic E-state index is -0.606. The summed E-state index contributed by atoms with van der Waals surface area (Å²) in [5.41, 5.74) is 0.618. The molecule has 2 fully saturated rings. The number of ether oxygens (including phenoxy) is 2. The fourth-order valence-electron chi connectivity index (χ4n) is 4.78. The summed E-state index contributed by atoms with van der Waals surface area (Å²) in [5.74, 6) is -0.854. The van der Waals surface area contributed by atoms with Crippen molar-refractivity contribution in [1.29, 1.82) is 0 Å². The van der Waals surface area contributed by atoms with E-state index < -0.39 is 11.9 Å². The van der Waals surface area contributed by atoms with Gasteiger partial charge in [0.1, 0.15) is 11.3 Å². The Balaban J connectivity index is 1.21. The minimum Gasteiger partial charge on any atom is -0.450 e. The molecule has 10 heteroatoms. The molecule has 190 valence electrons. The first-order valence-electron chi connectivity index (χ1n) is 12.4. The van der Waals surface area contributed by atoms with E-state index in [9.17, 15) is 18.8 Å². The van der Waals surface area contributed by atoms with Crippen LogP contribution in [0.4, 0.5) is 9.18 Å². The smallest absolute Gasteiger partial charge is 0.407 e. The van der Waals surface area contributed by atoms with Crippen LogP contribution in [0, 0.1) is 17.7 Å². The Bertz CT molecular complexity index is 1030. The average Bonchev–Trinajstić information content (AvgIpc) is 3.31. The number of nitrogens with zero attached hydrogens (tertiary/aromatic N) is 2. The lowest BCUT2D eigenvalue weighted by Crippen LogP contribution is -2.49. The first kappa shape index (κ1) is 25.1. The highest BCUT2D eigenvalue weighted by Crippen LogP contribution is 2.31. The van der Waals surface area contributed by atoms with Crippen molar-refractivity contribution in [2.45, 2.75) is 44.9 Å². The van der Waals surface area contributed by atoms with Crippen LogP contribution in [0.5, 0.6) is 0 Å². The van der Waals surface area contributed by atoms with Gasteiger partial charge in [-0.1, -0.05) is 19.3 Å². The van der Waals surface area contributed by atoms with E-state index in [0.29, 0.717) is 31.8 Å². The van der Waals surface area contributed by atoms with Crippen molar-refractivity contribution in [3.05, 3.63) is 29.9 Å². The maximum absolute atomic E-state index is 13.3. The number of amides is 2. The number of Topliss-reactive ketones (excluding diaryl/α,β-unsaturated/α-hetero) is 1. The van der Waals surface area contributed by atoms with E-state index in [1.54, 1.807) is 0 Å². The highest BCUT2D eigenvalue weighted by atomic mass is 19.1. The maximum Gasteiger partial charge on any atom is 0.407 e. The summed E-state index contributed by atoms with van der Waals surface area (Å²) in [5, 5.41) is 2.75. The molecule has 4 rings (SSSR count). The second kappa shape index (κ2) is 12.1. The molecular formula is C25H32FN3O6. The van der Waals surface area contributed by atoms with Gasteiger partial charge in [0.05, 0.1) is 25.7 Å². The highest BCUT2D eigenvalue weighted by Gasteiger charge is 2.33.